The fourth-order valence-corrected chi connectivity index (χ4v) is 0.966. The van der Waals surface area contributed by atoms with Crippen molar-refractivity contribution in [1.29, 1.82) is 0 Å². The highest BCUT2D eigenvalue weighted by atomic mass is 19.1. The van der Waals surface area contributed by atoms with Gasteiger partial charge in [-0.05, 0) is 12.1 Å². The molecule has 0 unspecified atom stereocenters. The highest BCUT2D eigenvalue weighted by Crippen LogP contribution is 2.23. The molecule has 70 valence electrons. The molecule has 1 aromatic carbocycles. The van der Waals surface area contributed by atoms with Gasteiger partial charge in [-0.15, -0.1) is 0 Å². The van der Waals surface area contributed by atoms with Gasteiger partial charge in [-0.25, -0.2) is 9.18 Å². The van der Waals surface area contributed by atoms with Crippen LogP contribution in [0, 0.1) is 5.82 Å². The lowest BCUT2D eigenvalue weighted by molar-refractivity contribution is 0.209. The van der Waals surface area contributed by atoms with E-state index in [-0.39, 0.29) is 5.69 Å². The monoisotopic (exact) mass is 184 g/mol. The van der Waals surface area contributed by atoms with Crippen molar-refractivity contribution in [3.8, 4) is 0 Å². The first kappa shape index (κ1) is 9.31. The Hall–Kier alpha value is -1.78. The highest BCUT2D eigenvalue weighted by Gasteiger charge is 2.08. The van der Waals surface area contributed by atoms with Crippen LogP contribution in [0.3, 0.4) is 0 Å². The molecule has 0 atom stereocenters. The molecule has 0 radical (unpaired) electrons. The van der Waals surface area contributed by atoms with E-state index < -0.39 is 11.9 Å². The van der Waals surface area contributed by atoms with E-state index in [0.29, 0.717) is 5.69 Å². The van der Waals surface area contributed by atoms with Gasteiger partial charge in [0.2, 0.25) is 0 Å². The third-order valence-electron chi connectivity index (χ3n) is 1.51. The van der Waals surface area contributed by atoms with Crippen LogP contribution in [-0.4, -0.2) is 18.2 Å². The zero-order chi connectivity index (χ0) is 9.84. The highest BCUT2D eigenvalue weighted by molar-refractivity contribution is 5.88. The molecule has 1 aromatic rings. The maximum Gasteiger partial charge on any atom is 0.409 e. The van der Waals surface area contributed by atoms with Gasteiger partial charge < -0.3 is 10.4 Å². The minimum Gasteiger partial charge on any atom is -0.465 e. The molecule has 0 aliphatic heterocycles. The zero-order valence-electron chi connectivity index (χ0n) is 6.97. The van der Waals surface area contributed by atoms with Crippen molar-refractivity contribution in [3.63, 3.8) is 0 Å². The Morgan fingerprint density at radius 2 is 2.23 bits per heavy atom. The van der Waals surface area contributed by atoms with E-state index in [0.717, 1.165) is 0 Å². The van der Waals surface area contributed by atoms with Gasteiger partial charge in [0.25, 0.3) is 0 Å². The molecule has 3 N–H and O–H groups in total. The quantitative estimate of drug-likeness (QED) is 0.658. The summed E-state index contributed by atoms with van der Waals surface area (Å²) in [6, 6.07) is 4.26. The molecule has 0 aromatic heterocycles. The van der Waals surface area contributed by atoms with Crippen molar-refractivity contribution in [2.24, 2.45) is 0 Å². The Morgan fingerprint density at radius 1 is 1.54 bits per heavy atom. The molecule has 0 fully saturated rings. The van der Waals surface area contributed by atoms with Crippen LogP contribution < -0.4 is 10.6 Å². The molecule has 0 saturated heterocycles. The van der Waals surface area contributed by atoms with Crippen LogP contribution in [0.15, 0.2) is 18.2 Å². The standard InChI is InChI=1S/C8H9FN2O2/c1-10-6-4-2-3-5(9)7(6)11-8(12)13/h2-4,10-11H,1H3,(H,12,13). The van der Waals surface area contributed by atoms with E-state index in [2.05, 4.69) is 5.32 Å². The van der Waals surface area contributed by atoms with Gasteiger partial charge in [0.15, 0.2) is 0 Å². The summed E-state index contributed by atoms with van der Waals surface area (Å²) < 4.78 is 13.0. The number of amides is 1. The lowest BCUT2D eigenvalue weighted by Crippen LogP contribution is -2.10. The second-order valence-electron chi connectivity index (χ2n) is 2.34. The third kappa shape index (κ3) is 2.08. The van der Waals surface area contributed by atoms with Gasteiger partial charge in [-0.1, -0.05) is 6.07 Å². The van der Waals surface area contributed by atoms with Gasteiger partial charge in [-0.3, -0.25) is 5.32 Å². The van der Waals surface area contributed by atoms with Crippen LogP contribution in [-0.2, 0) is 0 Å². The maximum atomic E-state index is 13.0. The average Bonchev–Trinajstić information content (AvgIpc) is 2.08. The second-order valence-corrected chi connectivity index (χ2v) is 2.34. The first-order valence-electron chi connectivity index (χ1n) is 3.61. The number of carbonyl (C=O) groups is 1. The van der Waals surface area contributed by atoms with Crippen molar-refractivity contribution in [2.75, 3.05) is 17.7 Å². The van der Waals surface area contributed by atoms with Crippen molar-refractivity contribution < 1.29 is 14.3 Å². The molecule has 5 heteroatoms. The van der Waals surface area contributed by atoms with E-state index in [1.54, 1.807) is 13.1 Å². The molecule has 0 spiro atoms. The van der Waals surface area contributed by atoms with Gasteiger partial charge in [-0.2, -0.15) is 0 Å². The number of carboxylic acid groups (broad SMARTS) is 1. The Labute approximate surface area is 74.4 Å². The maximum absolute atomic E-state index is 13.0. The largest absolute Gasteiger partial charge is 0.465 e. The van der Waals surface area contributed by atoms with E-state index in [1.807, 2.05) is 5.32 Å². The normalized spacial score (nSPS) is 9.38. The molecule has 0 heterocycles. The average molecular weight is 184 g/mol. The van der Waals surface area contributed by atoms with E-state index in [1.165, 1.54) is 12.1 Å². The lowest BCUT2D eigenvalue weighted by Gasteiger charge is -2.08. The summed E-state index contributed by atoms with van der Waals surface area (Å²) in [5, 5.41) is 13.1. The van der Waals surface area contributed by atoms with Crippen molar-refractivity contribution in [1.82, 2.24) is 0 Å². The Morgan fingerprint density at radius 3 is 2.77 bits per heavy atom. The number of para-hydroxylation sites is 1. The SMILES string of the molecule is CNc1cccc(F)c1NC(=O)O. The predicted molar refractivity (Wildman–Crippen MR) is 47.6 cm³/mol. The number of nitrogens with one attached hydrogen (secondary N) is 2. The Bertz CT molecular complexity index is 328. The van der Waals surface area contributed by atoms with Gasteiger partial charge >= 0.3 is 6.09 Å². The Balaban J connectivity index is 3.07. The van der Waals surface area contributed by atoms with Crippen LogP contribution in [0.1, 0.15) is 0 Å². The number of hydrogen-bond acceptors (Lipinski definition) is 2. The fourth-order valence-electron chi connectivity index (χ4n) is 0.966. The third-order valence-corrected chi connectivity index (χ3v) is 1.51. The number of anilines is 2. The molecule has 1 amide bonds. The summed E-state index contributed by atoms with van der Waals surface area (Å²) in [6.07, 6.45) is -1.29. The van der Waals surface area contributed by atoms with Crippen LogP contribution in [0.25, 0.3) is 0 Å². The van der Waals surface area contributed by atoms with E-state index >= 15 is 0 Å². The molecule has 0 bridgehead atoms. The molecule has 4 nitrogen and oxygen atoms in total. The smallest absolute Gasteiger partial charge is 0.409 e. The van der Waals surface area contributed by atoms with Crippen molar-refractivity contribution in [2.45, 2.75) is 0 Å². The van der Waals surface area contributed by atoms with Gasteiger partial charge in [0.05, 0.1) is 5.69 Å². The topological polar surface area (TPSA) is 61.4 Å². The zero-order valence-corrected chi connectivity index (χ0v) is 6.97. The predicted octanol–water partition coefficient (Wildman–Crippen LogP) is 1.96. The second kappa shape index (κ2) is 3.75. The minimum absolute atomic E-state index is 0.0579. The van der Waals surface area contributed by atoms with Crippen LogP contribution in [0.2, 0.25) is 0 Å². The van der Waals surface area contributed by atoms with Crippen LogP contribution in [0.4, 0.5) is 20.6 Å². The van der Waals surface area contributed by atoms with Crippen LogP contribution in [0.5, 0.6) is 0 Å². The molecule has 0 aliphatic carbocycles. The summed E-state index contributed by atoms with van der Waals surface area (Å²) in [6.45, 7) is 0. The molecular weight excluding hydrogens is 175 g/mol. The molecule has 0 aliphatic rings. The van der Waals surface area contributed by atoms with Crippen molar-refractivity contribution >= 4 is 17.5 Å². The van der Waals surface area contributed by atoms with Gasteiger partial charge in [0, 0.05) is 7.05 Å². The number of benzene rings is 1. The summed E-state index contributed by atoms with van der Waals surface area (Å²) in [5.74, 6) is -0.603. The first-order chi connectivity index (χ1) is 6.15. The lowest BCUT2D eigenvalue weighted by atomic mass is 10.2. The van der Waals surface area contributed by atoms with Gasteiger partial charge in [0.1, 0.15) is 11.5 Å². The summed E-state index contributed by atoms with van der Waals surface area (Å²) >= 11 is 0. The van der Waals surface area contributed by atoms with E-state index in [9.17, 15) is 9.18 Å². The summed E-state index contributed by atoms with van der Waals surface area (Å²) in [7, 11) is 1.59. The number of halogens is 1. The molecule has 0 saturated carbocycles. The summed E-state index contributed by atoms with van der Waals surface area (Å²) in [5.41, 5.74) is 0.347. The van der Waals surface area contributed by atoms with Crippen molar-refractivity contribution in [3.05, 3.63) is 24.0 Å². The Kier molecular flexibility index (Phi) is 2.69. The fraction of sp³-hybridized carbons (Fsp3) is 0.125. The molecule has 1 rings (SSSR count). The first-order valence-corrected chi connectivity index (χ1v) is 3.61. The summed E-state index contributed by atoms with van der Waals surface area (Å²) in [4.78, 5) is 10.3. The number of rotatable bonds is 2. The molecular formula is C8H9FN2O2. The number of hydrogen-bond donors (Lipinski definition) is 3. The van der Waals surface area contributed by atoms with Crippen LogP contribution >= 0.6 is 0 Å². The minimum atomic E-state index is -1.29. The molecule has 13 heavy (non-hydrogen) atoms. The van der Waals surface area contributed by atoms with E-state index in [4.69, 9.17) is 5.11 Å².